The van der Waals surface area contributed by atoms with Crippen molar-refractivity contribution < 1.29 is 5.11 Å². The van der Waals surface area contributed by atoms with Crippen molar-refractivity contribution in [3.63, 3.8) is 0 Å². The van der Waals surface area contributed by atoms with Gasteiger partial charge in [-0.25, -0.2) is 0 Å². The highest BCUT2D eigenvalue weighted by Gasteiger charge is 2.68. The Balaban J connectivity index is 2.04. The number of aliphatic hydroxyl groups is 1. The van der Waals surface area contributed by atoms with E-state index in [0.717, 1.165) is 18.3 Å². The van der Waals surface area contributed by atoms with Gasteiger partial charge < -0.3 is 5.11 Å². The monoisotopic (exact) mass is 222 g/mol. The second kappa shape index (κ2) is 2.85. The summed E-state index contributed by atoms with van der Waals surface area (Å²) in [5.74, 6) is 2.21. The van der Waals surface area contributed by atoms with Crippen LogP contribution in [0.3, 0.4) is 0 Å². The predicted molar refractivity (Wildman–Crippen MR) is 66.1 cm³/mol. The van der Waals surface area contributed by atoms with Crippen LogP contribution in [-0.2, 0) is 0 Å². The third-order valence-electron chi connectivity index (χ3n) is 6.21. The summed E-state index contributed by atoms with van der Waals surface area (Å²) in [5.41, 5.74) is 0.636. The van der Waals surface area contributed by atoms with Gasteiger partial charge in [0.15, 0.2) is 0 Å². The Morgan fingerprint density at radius 2 is 1.75 bits per heavy atom. The topological polar surface area (TPSA) is 20.2 Å². The molecule has 0 aromatic rings. The van der Waals surface area contributed by atoms with Gasteiger partial charge in [-0.3, -0.25) is 0 Å². The average Bonchev–Trinajstić information content (AvgIpc) is 2.59. The Bertz CT molecular complexity index is 317. The minimum absolute atomic E-state index is 0.369. The van der Waals surface area contributed by atoms with E-state index in [1.165, 1.54) is 25.7 Å². The molecule has 1 nitrogen and oxygen atoms in total. The van der Waals surface area contributed by atoms with E-state index in [2.05, 4.69) is 27.7 Å². The summed E-state index contributed by atoms with van der Waals surface area (Å²) in [5, 5.41) is 10.7. The molecule has 0 aliphatic heterocycles. The maximum Gasteiger partial charge on any atom is 0.0656 e. The molecule has 3 fully saturated rings. The Labute approximate surface area is 99.6 Å². The smallest absolute Gasteiger partial charge is 0.0656 e. The van der Waals surface area contributed by atoms with E-state index in [1.807, 2.05) is 0 Å². The van der Waals surface area contributed by atoms with Crippen LogP contribution in [0.1, 0.15) is 59.8 Å². The molecule has 0 bridgehead atoms. The molecule has 1 spiro atoms. The second-order valence-corrected chi connectivity index (χ2v) is 7.95. The van der Waals surface area contributed by atoms with Crippen LogP contribution >= 0.6 is 0 Å². The first-order valence-corrected chi connectivity index (χ1v) is 7.00. The van der Waals surface area contributed by atoms with Crippen LogP contribution in [0.4, 0.5) is 0 Å². The molecular formula is C15H26O. The molecule has 1 heteroatoms. The summed E-state index contributed by atoms with van der Waals surface area (Å²) < 4.78 is 0. The zero-order valence-electron chi connectivity index (χ0n) is 11.2. The van der Waals surface area contributed by atoms with Crippen molar-refractivity contribution in [3.05, 3.63) is 0 Å². The SMILES string of the molecule is CC1CC[C@H]2C(C)(O)C[C@@H]3CC(C)(C)CC132. The fraction of sp³-hybridized carbons (Fsp3) is 1.00. The van der Waals surface area contributed by atoms with Crippen LogP contribution in [0.2, 0.25) is 0 Å². The quantitative estimate of drug-likeness (QED) is 0.664. The van der Waals surface area contributed by atoms with E-state index in [0.29, 0.717) is 16.7 Å². The molecule has 3 saturated carbocycles. The zero-order chi connectivity index (χ0) is 11.8. The van der Waals surface area contributed by atoms with Crippen molar-refractivity contribution in [3.8, 4) is 0 Å². The van der Waals surface area contributed by atoms with E-state index in [1.54, 1.807) is 0 Å². The first-order valence-electron chi connectivity index (χ1n) is 7.00. The summed E-state index contributed by atoms with van der Waals surface area (Å²) in [6.45, 7) is 9.40. The fourth-order valence-corrected chi connectivity index (χ4v) is 5.98. The molecule has 0 aromatic carbocycles. The Morgan fingerprint density at radius 3 is 2.44 bits per heavy atom. The van der Waals surface area contributed by atoms with Gasteiger partial charge >= 0.3 is 0 Å². The van der Waals surface area contributed by atoms with Gasteiger partial charge in [0.1, 0.15) is 0 Å². The van der Waals surface area contributed by atoms with E-state index >= 15 is 0 Å². The van der Waals surface area contributed by atoms with Crippen molar-refractivity contribution in [2.45, 2.75) is 65.4 Å². The minimum Gasteiger partial charge on any atom is -0.390 e. The molecule has 3 rings (SSSR count). The fourth-order valence-electron chi connectivity index (χ4n) is 5.98. The van der Waals surface area contributed by atoms with Crippen LogP contribution in [0.25, 0.3) is 0 Å². The normalized spacial score (nSPS) is 58.7. The lowest BCUT2D eigenvalue weighted by Crippen LogP contribution is -2.37. The summed E-state index contributed by atoms with van der Waals surface area (Å²) in [7, 11) is 0. The zero-order valence-corrected chi connectivity index (χ0v) is 11.2. The maximum atomic E-state index is 10.7. The van der Waals surface area contributed by atoms with Crippen molar-refractivity contribution in [2.75, 3.05) is 0 Å². The molecule has 16 heavy (non-hydrogen) atoms. The highest BCUT2D eigenvalue weighted by atomic mass is 16.3. The minimum atomic E-state index is -0.369. The van der Waals surface area contributed by atoms with Crippen LogP contribution in [0, 0.1) is 28.6 Å². The maximum absolute atomic E-state index is 10.7. The summed E-state index contributed by atoms with van der Waals surface area (Å²) in [4.78, 5) is 0. The second-order valence-electron chi connectivity index (χ2n) is 7.95. The average molecular weight is 222 g/mol. The molecule has 0 saturated heterocycles. The lowest BCUT2D eigenvalue weighted by Gasteiger charge is -2.38. The number of rotatable bonds is 0. The first-order chi connectivity index (χ1) is 7.28. The van der Waals surface area contributed by atoms with Crippen molar-refractivity contribution in [2.24, 2.45) is 28.6 Å². The van der Waals surface area contributed by atoms with Gasteiger partial charge in [-0.2, -0.15) is 0 Å². The summed E-state index contributed by atoms with van der Waals surface area (Å²) >= 11 is 0. The van der Waals surface area contributed by atoms with Crippen LogP contribution in [0.15, 0.2) is 0 Å². The van der Waals surface area contributed by atoms with E-state index in [4.69, 9.17) is 0 Å². The summed E-state index contributed by atoms with van der Waals surface area (Å²) in [6.07, 6.45) is 6.36. The van der Waals surface area contributed by atoms with Crippen molar-refractivity contribution in [1.82, 2.24) is 0 Å². The van der Waals surface area contributed by atoms with Crippen LogP contribution in [0.5, 0.6) is 0 Å². The molecule has 3 unspecified atom stereocenters. The molecular weight excluding hydrogens is 196 g/mol. The molecule has 0 radical (unpaired) electrons. The Kier molecular flexibility index (Phi) is 1.98. The predicted octanol–water partition coefficient (Wildman–Crippen LogP) is 3.61. The lowest BCUT2D eigenvalue weighted by atomic mass is 9.68. The van der Waals surface area contributed by atoms with Gasteiger partial charge in [0, 0.05) is 0 Å². The van der Waals surface area contributed by atoms with Crippen LogP contribution in [-0.4, -0.2) is 10.7 Å². The van der Waals surface area contributed by atoms with Crippen molar-refractivity contribution >= 4 is 0 Å². The highest BCUT2D eigenvalue weighted by Crippen LogP contribution is 2.73. The Hall–Kier alpha value is -0.0400. The molecule has 0 aromatic heterocycles. The lowest BCUT2D eigenvalue weighted by molar-refractivity contribution is -0.0131. The summed E-state index contributed by atoms with van der Waals surface area (Å²) in [6, 6.07) is 0. The third kappa shape index (κ3) is 1.16. The Morgan fingerprint density at radius 1 is 1.06 bits per heavy atom. The van der Waals surface area contributed by atoms with Crippen molar-refractivity contribution in [1.29, 1.82) is 0 Å². The van der Waals surface area contributed by atoms with Gasteiger partial charge in [0.2, 0.25) is 0 Å². The van der Waals surface area contributed by atoms with E-state index in [9.17, 15) is 5.11 Å². The molecule has 1 N–H and O–H groups in total. The number of hydrogen-bond acceptors (Lipinski definition) is 1. The standard InChI is InChI=1S/C15H26O/c1-10-5-6-12-14(4,16)8-11-7-13(2,3)9-15(10,11)12/h10-12,16H,5-9H2,1-4H3/t10?,11-,12-,14?,15?/m0/s1. The molecule has 0 amide bonds. The van der Waals surface area contributed by atoms with Gasteiger partial charge in [0.25, 0.3) is 0 Å². The molecule has 92 valence electrons. The van der Waals surface area contributed by atoms with Gasteiger partial charge in [-0.15, -0.1) is 0 Å². The largest absolute Gasteiger partial charge is 0.390 e. The van der Waals surface area contributed by atoms with Gasteiger partial charge in [-0.05, 0) is 67.6 Å². The molecule has 0 heterocycles. The van der Waals surface area contributed by atoms with E-state index in [-0.39, 0.29) is 5.60 Å². The molecule has 3 aliphatic carbocycles. The number of hydrogen-bond donors (Lipinski definition) is 1. The molecule has 3 aliphatic rings. The van der Waals surface area contributed by atoms with Gasteiger partial charge in [-0.1, -0.05) is 20.8 Å². The molecule has 5 atom stereocenters. The first kappa shape index (κ1) is 11.1. The third-order valence-corrected chi connectivity index (χ3v) is 6.21. The van der Waals surface area contributed by atoms with Gasteiger partial charge in [0.05, 0.1) is 5.60 Å². The highest BCUT2D eigenvalue weighted by molar-refractivity contribution is 5.17. The van der Waals surface area contributed by atoms with Crippen LogP contribution < -0.4 is 0 Å². The van der Waals surface area contributed by atoms with E-state index < -0.39 is 0 Å².